The van der Waals surface area contributed by atoms with E-state index in [0.29, 0.717) is 6.54 Å². The van der Waals surface area contributed by atoms with Crippen LogP contribution in [0.1, 0.15) is 12.8 Å². The number of halogens is 1. The van der Waals surface area contributed by atoms with E-state index in [2.05, 4.69) is 10.2 Å². The second-order valence-corrected chi connectivity index (χ2v) is 8.66. The number of piperidine rings is 1. The fraction of sp³-hybridized carbons (Fsp3) is 0.261. The Hall–Kier alpha value is -3.46. The number of rotatable bonds is 5. The van der Waals surface area contributed by atoms with E-state index in [0.717, 1.165) is 46.5 Å². The van der Waals surface area contributed by atoms with E-state index < -0.39 is 5.82 Å². The minimum absolute atomic E-state index is 0.164. The largest absolute Gasteiger partial charge is 0.497 e. The second-order valence-electron chi connectivity index (χ2n) is 7.72. The maximum absolute atomic E-state index is 13.9. The third-order valence-corrected chi connectivity index (χ3v) is 6.60. The number of nitrogens with zero attached hydrogens (tertiary/aromatic N) is 4. The van der Waals surface area contributed by atoms with Crippen LogP contribution in [-0.4, -0.2) is 40.7 Å². The zero-order chi connectivity index (χ0) is 22.1. The number of carbonyl (C=O) groups is 1. The number of methoxy groups -OCH3 is 1. The summed E-state index contributed by atoms with van der Waals surface area (Å²) in [6, 6.07) is 14.0. The molecule has 2 aromatic heterocycles. The quantitative estimate of drug-likeness (QED) is 0.485. The van der Waals surface area contributed by atoms with Crippen LogP contribution in [0.3, 0.4) is 0 Å². The Bertz CT molecular complexity index is 1220. The van der Waals surface area contributed by atoms with Crippen LogP contribution in [-0.2, 0) is 4.79 Å². The Balaban J connectivity index is 1.29. The molecule has 1 amide bonds. The van der Waals surface area contributed by atoms with Crippen molar-refractivity contribution in [1.29, 1.82) is 0 Å². The van der Waals surface area contributed by atoms with Gasteiger partial charge >= 0.3 is 0 Å². The van der Waals surface area contributed by atoms with Crippen LogP contribution in [0.4, 0.5) is 15.2 Å². The first-order valence-corrected chi connectivity index (χ1v) is 11.2. The zero-order valence-corrected chi connectivity index (χ0v) is 18.3. The standard InChI is InChI=1S/C23H22FN5O2S/c1-31-17-10-8-15(9-11-17)20-14-29-22(26-20)32-23(27-29)28-12-4-5-16(13-28)21(30)25-19-7-3-2-6-18(19)24/h2-3,6-11,14,16H,4-5,12-13H2,1H3,(H,25,30)/t16-/m0/s1. The minimum Gasteiger partial charge on any atom is -0.497 e. The average molecular weight is 452 g/mol. The summed E-state index contributed by atoms with van der Waals surface area (Å²) in [4.78, 5) is 20.3. The maximum Gasteiger partial charge on any atom is 0.229 e. The van der Waals surface area contributed by atoms with Crippen molar-refractivity contribution in [3.05, 3.63) is 60.5 Å². The zero-order valence-electron chi connectivity index (χ0n) is 17.5. The molecule has 0 aliphatic carbocycles. The Labute approximate surface area is 188 Å². The van der Waals surface area contributed by atoms with Crippen LogP contribution < -0.4 is 15.0 Å². The Morgan fingerprint density at radius 2 is 2.03 bits per heavy atom. The molecule has 0 unspecified atom stereocenters. The molecule has 9 heteroatoms. The predicted octanol–water partition coefficient (Wildman–Crippen LogP) is 4.46. The van der Waals surface area contributed by atoms with Crippen molar-refractivity contribution in [2.75, 3.05) is 30.4 Å². The highest BCUT2D eigenvalue weighted by Crippen LogP contribution is 2.30. The molecule has 5 rings (SSSR count). The number of ether oxygens (including phenoxy) is 1. The summed E-state index contributed by atoms with van der Waals surface area (Å²) in [5.74, 6) is -0.0198. The van der Waals surface area contributed by atoms with Gasteiger partial charge in [-0.25, -0.2) is 13.9 Å². The lowest BCUT2D eigenvalue weighted by Gasteiger charge is -2.31. The molecule has 0 bridgehead atoms. The highest BCUT2D eigenvalue weighted by atomic mass is 32.1. The van der Waals surface area contributed by atoms with Crippen molar-refractivity contribution in [3.8, 4) is 17.0 Å². The van der Waals surface area contributed by atoms with Gasteiger partial charge in [0.05, 0.1) is 30.6 Å². The smallest absolute Gasteiger partial charge is 0.229 e. The fourth-order valence-electron chi connectivity index (χ4n) is 3.88. The van der Waals surface area contributed by atoms with Gasteiger partial charge < -0.3 is 15.0 Å². The van der Waals surface area contributed by atoms with E-state index in [-0.39, 0.29) is 17.5 Å². The lowest BCUT2D eigenvalue weighted by molar-refractivity contribution is -0.120. The number of amides is 1. The monoisotopic (exact) mass is 451 g/mol. The summed E-state index contributed by atoms with van der Waals surface area (Å²) in [6.07, 6.45) is 3.54. The second kappa shape index (κ2) is 8.58. The lowest BCUT2D eigenvalue weighted by atomic mass is 9.97. The van der Waals surface area contributed by atoms with Crippen molar-refractivity contribution in [3.63, 3.8) is 0 Å². The number of anilines is 2. The molecular formula is C23H22FN5O2S. The van der Waals surface area contributed by atoms with Crippen molar-refractivity contribution >= 4 is 33.0 Å². The van der Waals surface area contributed by atoms with Crippen LogP contribution in [0.15, 0.2) is 54.7 Å². The molecule has 3 heterocycles. The molecule has 1 atom stereocenters. The lowest BCUT2D eigenvalue weighted by Crippen LogP contribution is -2.40. The Morgan fingerprint density at radius 1 is 1.22 bits per heavy atom. The van der Waals surface area contributed by atoms with Crippen molar-refractivity contribution < 1.29 is 13.9 Å². The van der Waals surface area contributed by atoms with Gasteiger partial charge in [-0.05, 0) is 49.2 Å². The minimum atomic E-state index is -0.428. The van der Waals surface area contributed by atoms with Crippen LogP contribution >= 0.6 is 11.3 Å². The number of nitrogens with one attached hydrogen (secondary N) is 1. The van der Waals surface area contributed by atoms with Gasteiger partial charge in [0.2, 0.25) is 16.0 Å². The van der Waals surface area contributed by atoms with Gasteiger partial charge in [-0.15, -0.1) is 5.10 Å². The maximum atomic E-state index is 13.9. The van der Waals surface area contributed by atoms with E-state index in [1.807, 2.05) is 30.5 Å². The van der Waals surface area contributed by atoms with Gasteiger partial charge in [-0.1, -0.05) is 23.5 Å². The third-order valence-electron chi connectivity index (χ3n) is 5.61. The van der Waals surface area contributed by atoms with E-state index >= 15 is 0 Å². The van der Waals surface area contributed by atoms with Crippen LogP contribution in [0.2, 0.25) is 0 Å². The molecule has 1 aliphatic heterocycles. The number of imidazole rings is 1. The molecule has 1 saturated heterocycles. The summed E-state index contributed by atoms with van der Waals surface area (Å²) < 4.78 is 20.9. The number of benzene rings is 2. The average Bonchev–Trinajstić information content (AvgIpc) is 3.40. The highest BCUT2D eigenvalue weighted by molar-refractivity contribution is 7.20. The number of hydrogen-bond acceptors (Lipinski definition) is 6. The van der Waals surface area contributed by atoms with E-state index in [1.165, 1.54) is 17.4 Å². The summed E-state index contributed by atoms with van der Waals surface area (Å²) >= 11 is 1.50. The normalized spacial score (nSPS) is 16.3. The van der Waals surface area contributed by atoms with Crippen LogP contribution in [0.25, 0.3) is 16.2 Å². The number of hydrogen-bond donors (Lipinski definition) is 1. The molecule has 7 nitrogen and oxygen atoms in total. The van der Waals surface area contributed by atoms with Gasteiger partial charge in [0.1, 0.15) is 11.6 Å². The molecule has 2 aromatic carbocycles. The first-order valence-electron chi connectivity index (χ1n) is 10.4. The van der Waals surface area contributed by atoms with E-state index in [4.69, 9.17) is 14.8 Å². The predicted molar refractivity (Wildman–Crippen MR) is 123 cm³/mol. The van der Waals surface area contributed by atoms with Gasteiger partial charge in [-0.3, -0.25) is 4.79 Å². The molecule has 4 aromatic rings. The Morgan fingerprint density at radius 3 is 2.78 bits per heavy atom. The molecular weight excluding hydrogens is 429 g/mol. The molecule has 1 aliphatic rings. The first-order chi connectivity index (χ1) is 15.6. The molecule has 1 N–H and O–H groups in total. The summed E-state index contributed by atoms with van der Waals surface area (Å²) in [6.45, 7) is 1.37. The Kier molecular flexibility index (Phi) is 5.48. The molecule has 0 radical (unpaired) electrons. The third kappa shape index (κ3) is 4.03. The number of aromatic nitrogens is 3. The number of para-hydroxylation sites is 1. The SMILES string of the molecule is COc1ccc(-c2cn3nc(N4CCC[C@H](C(=O)Nc5ccccc5F)C4)sc3n2)cc1. The molecule has 0 spiro atoms. The van der Waals surface area contributed by atoms with Crippen molar-refractivity contribution in [2.24, 2.45) is 5.92 Å². The molecule has 32 heavy (non-hydrogen) atoms. The molecule has 0 saturated carbocycles. The van der Waals surface area contributed by atoms with Gasteiger partial charge in [0.25, 0.3) is 0 Å². The van der Waals surface area contributed by atoms with Crippen LogP contribution in [0, 0.1) is 11.7 Å². The topological polar surface area (TPSA) is 71.8 Å². The summed E-state index contributed by atoms with van der Waals surface area (Å²) in [5, 5.41) is 8.24. The summed E-state index contributed by atoms with van der Waals surface area (Å²) in [5.41, 5.74) is 2.06. The van der Waals surface area contributed by atoms with Gasteiger partial charge in [-0.2, -0.15) is 0 Å². The highest BCUT2D eigenvalue weighted by Gasteiger charge is 2.28. The number of carbonyl (C=O) groups excluding carboxylic acids is 1. The van der Waals surface area contributed by atoms with E-state index in [1.54, 1.807) is 29.8 Å². The summed E-state index contributed by atoms with van der Waals surface area (Å²) in [7, 11) is 1.64. The molecule has 1 fully saturated rings. The van der Waals surface area contributed by atoms with E-state index in [9.17, 15) is 9.18 Å². The van der Waals surface area contributed by atoms with Gasteiger partial charge in [0.15, 0.2) is 0 Å². The molecule has 164 valence electrons. The van der Waals surface area contributed by atoms with Crippen molar-refractivity contribution in [1.82, 2.24) is 14.6 Å². The van der Waals surface area contributed by atoms with Crippen LogP contribution in [0.5, 0.6) is 5.75 Å². The van der Waals surface area contributed by atoms with Gasteiger partial charge in [0, 0.05) is 18.7 Å². The fourth-order valence-corrected chi connectivity index (χ4v) is 4.80. The van der Waals surface area contributed by atoms with Crippen molar-refractivity contribution in [2.45, 2.75) is 12.8 Å². The number of fused-ring (bicyclic) bond motifs is 1. The first kappa shape index (κ1) is 20.4.